The zero-order chi connectivity index (χ0) is 21.1. The van der Waals surface area contributed by atoms with Gasteiger partial charge in [0, 0.05) is 17.4 Å². The first-order chi connectivity index (χ1) is 13.8. The van der Waals surface area contributed by atoms with Gasteiger partial charge >= 0.3 is 11.9 Å². The van der Waals surface area contributed by atoms with Gasteiger partial charge in [-0.05, 0) is 45.4 Å². The van der Waals surface area contributed by atoms with Gasteiger partial charge in [0.2, 0.25) is 6.79 Å². The first-order valence-corrected chi connectivity index (χ1v) is 9.09. The molecule has 1 aromatic carbocycles. The maximum Gasteiger partial charge on any atom is 0.355 e. The van der Waals surface area contributed by atoms with Gasteiger partial charge in [-0.1, -0.05) is 0 Å². The summed E-state index contributed by atoms with van der Waals surface area (Å²) in [5.74, 6) is -0.648. The highest BCUT2D eigenvalue weighted by molar-refractivity contribution is 6.01. The smallest absolute Gasteiger partial charge is 0.355 e. The summed E-state index contributed by atoms with van der Waals surface area (Å²) in [6.45, 7) is 6.76. The van der Waals surface area contributed by atoms with E-state index in [0.717, 1.165) is 0 Å². The summed E-state index contributed by atoms with van der Waals surface area (Å²) < 4.78 is 20.8. The van der Waals surface area contributed by atoms with Crippen LogP contribution in [0.1, 0.15) is 46.0 Å². The van der Waals surface area contributed by atoms with E-state index in [1.165, 1.54) is 6.92 Å². The Bertz CT molecular complexity index is 964. The maximum atomic E-state index is 12.6. The molecule has 0 fully saturated rings. The van der Waals surface area contributed by atoms with Crippen LogP contribution in [0, 0.1) is 13.8 Å². The Balaban J connectivity index is 1.67. The van der Waals surface area contributed by atoms with E-state index in [0.29, 0.717) is 28.4 Å². The van der Waals surface area contributed by atoms with Gasteiger partial charge in [-0.15, -0.1) is 0 Å². The van der Waals surface area contributed by atoms with Crippen molar-refractivity contribution in [3.05, 3.63) is 40.7 Å². The van der Waals surface area contributed by atoms with Crippen LogP contribution in [-0.4, -0.2) is 42.3 Å². The minimum atomic E-state index is -1.06. The molecule has 0 saturated carbocycles. The van der Waals surface area contributed by atoms with E-state index in [4.69, 9.17) is 18.9 Å². The minimum absolute atomic E-state index is 0.129. The van der Waals surface area contributed by atoms with Crippen LogP contribution in [0.25, 0.3) is 0 Å². The van der Waals surface area contributed by atoms with Crippen LogP contribution in [0.4, 0.5) is 5.69 Å². The lowest BCUT2D eigenvalue weighted by Gasteiger charge is -2.14. The number of H-pyrrole nitrogens is 1. The Morgan fingerprint density at radius 1 is 1.17 bits per heavy atom. The van der Waals surface area contributed by atoms with Crippen molar-refractivity contribution in [2.75, 3.05) is 18.7 Å². The van der Waals surface area contributed by atoms with Crippen molar-refractivity contribution >= 4 is 23.5 Å². The lowest BCUT2D eigenvalue weighted by atomic mass is 10.1. The number of nitrogens with one attached hydrogen (secondary N) is 2. The number of esters is 2. The molecule has 1 aliphatic rings. The van der Waals surface area contributed by atoms with Gasteiger partial charge in [-0.3, -0.25) is 4.79 Å². The molecule has 1 aliphatic heterocycles. The number of amides is 1. The zero-order valence-electron chi connectivity index (χ0n) is 16.6. The highest BCUT2D eigenvalue weighted by atomic mass is 16.7. The summed E-state index contributed by atoms with van der Waals surface area (Å²) in [5.41, 5.74) is 1.75. The molecule has 0 aliphatic carbocycles. The third-order valence-corrected chi connectivity index (χ3v) is 4.41. The predicted molar refractivity (Wildman–Crippen MR) is 102 cm³/mol. The van der Waals surface area contributed by atoms with Crippen LogP contribution in [0.15, 0.2) is 18.2 Å². The molecule has 0 radical (unpaired) electrons. The van der Waals surface area contributed by atoms with Crippen LogP contribution in [0.3, 0.4) is 0 Å². The summed E-state index contributed by atoms with van der Waals surface area (Å²) in [6, 6.07) is 4.96. The molecule has 0 unspecified atom stereocenters. The van der Waals surface area contributed by atoms with Gasteiger partial charge in [0.1, 0.15) is 5.69 Å². The predicted octanol–water partition coefficient (Wildman–Crippen LogP) is 2.72. The lowest BCUT2D eigenvalue weighted by molar-refractivity contribution is -0.123. The number of hydrogen-bond donors (Lipinski definition) is 2. The number of fused-ring (bicyclic) bond motifs is 1. The molecule has 0 saturated heterocycles. The normalized spacial score (nSPS) is 13.0. The van der Waals surface area contributed by atoms with Crippen molar-refractivity contribution in [1.82, 2.24) is 4.98 Å². The van der Waals surface area contributed by atoms with Crippen molar-refractivity contribution in [2.24, 2.45) is 0 Å². The van der Waals surface area contributed by atoms with Crippen molar-refractivity contribution in [3.63, 3.8) is 0 Å². The number of ether oxygens (including phenoxy) is 4. The van der Waals surface area contributed by atoms with Crippen LogP contribution in [-0.2, 0) is 14.3 Å². The first-order valence-electron chi connectivity index (χ1n) is 9.09. The average molecular weight is 402 g/mol. The number of aryl methyl sites for hydroxylation is 1. The molecule has 2 N–H and O–H groups in total. The van der Waals surface area contributed by atoms with Crippen LogP contribution in [0.5, 0.6) is 11.5 Å². The van der Waals surface area contributed by atoms with Gasteiger partial charge in [-0.2, -0.15) is 0 Å². The van der Waals surface area contributed by atoms with Crippen molar-refractivity contribution in [3.8, 4) is 11.5 Å². The second-order valence-electron chi connectivity index (χ2n) is 6.45. The Morgan fingerprint density at radius 2 is 1.90 bits per heavy atom. The lowest BCUT2D eigenvalue weighted by Crippen LogP contribution is -2.30. The van der Waals surface area contributed by atoms with E-state index in [1.807, 2.05) is 0 Å². The van der Waals surface area contributed by atoms with Gasteiger partial charge in [0.15, 0.2) is 17.6 Å². The monoisotopic (exact) mass is 402 g/mol. The van der Waals surface area contributed by atoms with Gasteiger partial charge in [0.05, 0.1) is 12.2 Å². The number of hydrogen-bond acceptors (Lipinski definition) is 7. The number of aromatic nitrogens is 1. The fraction of sp³-hybridized carbons (Fsp3) is 0.350. The van der Waals surface area contributed by atoms with Gasteiger partial charge < -0.3 is 29.2 Å². The number of carbonyl (C=O) groups excluding carboxylic acids is 3. The van der Waals surface area contributed by atoms with E-state index < -0.39 is 23.9 Å². The van der Waals surface area contributed by atoms with Crippen LogP contribution < -0.4 is 14.8 Å². The Kier molecular flexibility index (Phi) is 5.76. The van der Waals surface area contributed by atoms with Gasteiger partial charge in [-0.25, -0.2) is 9.59 Å². The molecule has 29 heavy (non-hydrogen) atoms. The number of aromatic amines is 1. The summed E-state index contributed by atoms with van der Waals surface area (Å²) in [5, 5.41) is 2.66. The van der Waals surface area contributed by atoms with Crippen LogP contribution >= 0.6 is 0 Å². The molecular weight excluding hydrogens is 380 g/mol. The highest BCUT2D eigenvalue weighted by Crippen LogP contribution is 2.34. The first kappa shape index (κ1) is 20.2. The Morgan fingerprint density at radius 3 is 2.62 bits per heavy atom. The third-order valence-electron chi connectivity index (χ3n) is 4.41. The molecule has 3 rings (SSSR count). The molecule has 9 heteroatoms. The second kappa shape index (κ2) is 8.26. The number of benzene rings is 1. The number of anilines is 1. The number of carbonyl (C=O) groups is 3. The molecule has 1 atom stereocenters. The fourth-order valence-corrected chi connectivity index (χ4v) is 2.95. The molecule has 0 bridgehead atoms. The third kappa shape index (κ3) is 4.18. The highest BCUT2D eigenvalue weighted by Gasteiger charge is 2.27. The van der Waals surface area contributed by atoms with Crippen molar-refractivity contribution in [2.45, 2.75) is 33.8 Å². The summed E-state index contributed by atoms with van der Waals surface area (Å²) >= 11 is 0. The molecule has 2 aromatic rings. The van der Waals surface area contributed by atoms with Crippen molar-refractivity contribution < 1.29 is 33.3 Å². The maximum absolute atomic E-state index is 12.6. The average Bonchev–Trinajstić information content (AvgIpc) is 3.25. The second-order valence-corrected chi connectivity index (χ2v) is 6.45. The fourth-order valence-electron chi connectivity index (χ4n) is 2.95. The molecule has 154 valence electrons. The quantitative estimate of drug-likeness (QED) is 0.714. The van der Waals surface area contributed by atoms with Gasteiger partial charge in [0.25, 0.3) is 5.91 Å². The van der Waals surface area contributed by atoms with E-state index in [-0.39, 0.29) is 24.7 Å². The SMILES string of the molecule is CCOC(=O)c1[nH]c(C)c(C(=O)O[C@@H](C)C(=O)Nc2ccc3c(c2)OCO3)c1C. The molecule has 9 nitrogen and oxygen atoms in total. The van der Waals surface area contributed by atoms with Crippen molar-refractivity contribution in [1.29, 1.82) is 0 Å². The standard InChI is InChI=1S/C20H22N2O7/c1-5-26-20(25)17-10(2)16(11(3)21-17)19(24)29-12(4)18(23)22-13-6-7-14-15(8-13)28-9-27-14/h6-8,12,21H,5,9H2,1-4H3,(H,22,23)/t12-/m0/s1. The topological polar surface area (TPSA) is 116 Å². The molecular formula is C20H22N2O7. The van der Waals surface area contributed by atoms with E-state index >= 15 is 0 Å². The number of rotatable bonds is 6. The molecule has 0 spiro atoms. The molecule has 2 heterocycles. The Hall–Kier alpha value is -3.49. The van der Waals surface area contributed by atoms with E-state index in [2.05, 4.69) is 10.3 Å². The molecule has 1 amide bonds. The zero-order valence-corrected chi connectivity index (χ0v) is 16.6. The molecule has 1 aromatic heterocycles. The summed E-state index contributed by atoms with van der Waals surface area (Å²) in [7, 11) is 0. The van der Waals surface area contributed by atoms with Crippen LogP contribution in [0.2, 0.25) is 0 Å². The summed E-state index contributed by atoms with van der Waals surface area (Å²) in [4.78, 5) is 39.8. The van der Waals surface area contributed by atoms with E-state index in [1.54, 1.807) is 39.0 Å². The minimum Gasteiger partial charge on any atom is -0.461 e. The largest absolute Gasteiger partial charge is 0.461 e. The Labute approximate surface area is 167 Å². The summed E-state index contributed by atoms with van der Waals surface area (Å²) in [6.07, 6.45) is -1.06. The van der Waals surface area contributed by atoms with E-state index in [9.17, 15) is 14.4 Å².